The number of piperidine rings is 1. The van der Waals surface area contributed by atoms with Crippen LogP contribution in [-0.2, 0) is 4.79 Å². The highest BCUT2D eigenvalue weighted by Crippen LogP contribution is 2.51. The standard InChI is InChI=1S/C39H29Cl2F3N6O2/c40-24-12-10-23(11-13-24)34-28-20-25(41)21-30-31(28)32(35-27(8-5-17-50(34)35)22-6-2-1-3-7-22)33(47-30)37(51)48-29-9-4-16-45-36(29)49-18-14-26(15-19-49)46-38(52)39(42,43)44/h1-4,6-13,16-17,20-21,26,34,47H,14-15,18-19H2,(H,46,52)(H,48,51). The van der Waals surface area contributed by atoms with E-state index in [0.717, 1.165) is 33.3 Å². The molecule has 5 aromatic rings. The first-order valence-corrected chi connectivity index (χ1v) is 17.3. The highest BCUT2D eigenvalue weighted by Gasteiger charge is 2.41. The SMILES string of the molecule is O=C(Nc1cccnc1N1CCC(NC(=O)C(F)(F)F)CC1)c1[nH]c2cc(Cl)cc3c2c1C1=C(c2ccccc2)C=C=CN1C3c1ccc(Cl)cc1. The van der Waals surface area contributed by atoms with Gasteiger partial charge < -0.3 is 25.4 Å². The first-order chi connectivity index (χ1) is 25.1. The Morgan fingerprint density at radius 1 is 0.942 bits per heavy atom. The van der Waals surface area contributed by atoms with Crippen LogP contribution in [0.15, 0.2) is 103 Å². The van der Waals surface area contributed by atoms with Gasteiger partial charge in [0.05, 0.1) is 17.4 Å². The second-order valence-corrected chi connectivity index (χ2v) is 13.7. The van der Waals surface area contributed by atoms with Crippen molar-refractivity contribution in [3.8, 4) is 0 Å². The lowest BCUT2D eigenvalue weighted by Gasteiger charge is -2.39. The second-order valence-electron chi connectivity index (χ2n) is 12.8. The highest BCUT2D eigenvalue weighted by molar-refractivity contribution is 6.32. The van der Waals surface area contributed by atoms with Crippen LogP contribution < -0.4 is 15.5 Å². The van der Waals surface area contributed by atoms with Gasteiger partial charge in [-0.25, -0.2) is 4.98 Å². The number of aromatic nitrogens is 2. The van der Waals surface area contributed by atoms with Crippen molar-refractivity contribution < 1.29 is 22.8 Å². The molecule has 1 atom stereocenters. The van der Waals surface area contributed by atoms with Gasteiger partial charge in [-0.3, -0.25) is 9.59 Å². The van der Waals surface area contributed by atoms with Crippen molar-refractivity contribution in [1.82, 2.24) is 20.2 Å². The van der Waals surface area contributed by atoms with E-state index in [9.17, 15) is 22.8 Å². The molecule has 8 rings (SSSR count). The normalized spacial score (nSPS) is 17.1. The number of anilines is 2. The summed E-state index contributed by atoms with van der Waals surface area (Å²) in [6, 6.07) is 23.8. The van der Waals surface area contributed by atoms with Crippen molar-refractivity contribution in [1.29, 1.82) is 0 Å². The van der Waals surface area contributed by atoms with Gasteiger partial charge in [-0.1, -0.05) is 65.7 Å². The molecule has 3 aliphatic rings. The minimum absolute atomic E-state index is 0.281. The molecule has 0 bridgehead atoms. The topological polar surface area (TPSA) is 93.4 Å². The molecule has 0 saturated carbocycles. The number of hydrogen-bond acceptors (Lipinski definition) is 5. The molecule has 8 nitrogen and oxygen atoms in total. The molecule has 0 aliphatic carbocycles. The number of amides is 2. The van der Waals surface area contributed by atoms with Gasteiger partial charge in [-0.2, -0.15) is 13.2 Å². The van der Waals surface area contributed by atoms with E-state index < -0.39 is 24.0 Å². The van der Waals surface area contributed by atoms with Gasteiger partial charge in [0, 0.05) is 63.6 Å². The zero-order valence-corrected chi connectivity index (χ0v) is 28.8. The van der Waals surface area contributed by atoms with Gasteiger partial charge in [0.2, 0.25) is 0 Å². The van der Waals surface area contributed by atoms with Gasteiger partial charge in [-0.15, -0.1) is 5.73 Å². The third-order valence-corrected chi connectivity index (χ3v) is 10.0. The number of carbonyl (C=O) groups is 2. The van der Waals surface area contributed by atoms with Crippen LogP contribution in [0.25, 0.3) is 22.2 Å². The molecule has 1 fully saturated rings. The smallest absolute Gasteiger partial charge is 0.355 e. The van der Waals surface area contributed by atoms with Crippen molar-refractivity contribution in [3.05, 3.63) is 141 Å². The van der Waals surface area contributed by atoms with Crippen molar-refractivity contribution in [2.24, 2.45) is 0 Å². The van der Waals surface area contributed by atoms with E-state index in [-0.39, 0.29) is 18.9 Å². The first-order valence-electron chi connectivity index (χ1n) is 16.6. The van der Waals surface area contributed by atoms with Crippen LogP contribution in [0.4, 0.5) is 24.7 Å². The predicted molar refractivity (Wildman–Crippen MR) is 196 cm³/mol. The van der Waals surface area contributed by atoms with E-state index in [0.29, 0.717) is 51.4 Å². The molecule has 13 heteroatoms. The summed E-state index contributed by atoms with van der Waals surface area (Å²) in [5.41, 5.74) is 9.95. The number of aromatic amines is 1. The molecular formula is C39H29Cl2F3N6O2. The number of rotatable bonds is 6. The van der Waals surface area contributed by atoms with Crippen molar-refractivity contribution >= 4 is 68.7 Å². The molecule has 3 aromatic carbocycles. The summed E-state index contributed by atoms with van der Waals surface area (Å²) in [5, 5.41) is 7.10. The number of nitrogens with one attached hydrogen (secondary N) is 3. The van der Waals surface area contributed by atoms with E-state index in [1.54, 1.807) is 18.3 Å². The predicted octanol–water partition coefficient (Wildman–Crippen LogP) is 8.73. The average molecular weight is 742 g/mol. The Hall–Kier alpha value is -5.48. The van der Waals surface area contributed by atoms with Gasteiger partial charge in [-0.05, 0) is 72.0 Å². The Kier molecular flexibility index (Phi) is 8.57. The number of carbonyl (C=O) groups excluding carboxylic acids is 2. The second kappa shape index (κ2) is 13.2. The maximum atomic E-state index is 14.5. The number of halogens is 5. The lowest BCUT2D eigenvalue weighted by Crippen LogP contribution is -2.48. The summed E-state index contributed by atoms with van der Waals surface area (Å²) >= 11 is 13.1. The van der Waals surface area contributed by atoms with Gasteiger partial charge in [0.25, 0.3) is 5.91 Å². The Balaban J connectivity index is 1.20. The lowest BCUT2D eigenvalue weighted by atomic mass is 9.84. The summed E-state index contributed by atoms with van der Waals surface area (Å²) in [7, 11) is 0. The fraction of sp³-hybridized carbons (Fsp3) is 0.179. The van der Waals surface area contributed by atoms with Crippen LogP contribution in [0.2, 0.25) is 10.0 Å². The molecule has 52 heavy (non-hydrogen) atoms. The summed E-state index contributed by atoms with van der Waals surface area (Å²) in [6.45, 7) is 0.657. The first kappa shape index (κ1) is 33.7. The summed E-state index contributed by atoms with van der Waals surface area (Å²) in [5.74, 6) is -1.89. The summed E-state index contributed by atoms with van der Waals surface area (Å²) in [4.78, 5) is 38.0. The maximum absolute atomic E-state index is 14.5. The molecule has 5 heterocycles. The average Bonchev–Trinajstić information content (AvgIpc) is 3.52. The largest absolute Gasteiger partial charge is 0.471 e. The molecule has 0 radical (unpaired) electrons. The number of benzene rings is 3. The minimum atomic E-state index is -4.94. The number of fused-ring (bicyclic) bond motifs is 2. The summed E-state index contributed by atoms with van der Waals surface area (Å²) < 4.78 is 38.5. The molecule has 0 spiro atoms. The monoisotopic (exact) mass is 740 g/mol. The third kappa shape index (κ3) is 6.11. The Morgan fingerprint density at radius 2 is 1.69 bits per heavy atom. The third-order valence-electron chi connectivity index (χ3n) is 9.58. The minimum Gasteiger partial charge on any atom is -0.355 e. The molecule has 2 amide bonds. The van der Waals surface area contributed by atoms with Crippen LogP contribution in [0.5, 0.6) is 0 Å². The van der Waals surface area contributed by atoms with E-state index in [1.165, 1.54) is 0 Å². The van der Waals surface area contributed by atoms with Crippen LogP contribution >= 0.6 is 23.2 Å². The van der Waals surface area contributed by atoms with Crippen LogP contribution in [-0.4, -0.2) is 52.0 Å². The van der Waals surface area contributed by atoms with E-state index in [1.807, 2.05) is 83.9 Å². The van der Waals surface area contributed by atoms with Crippen molar-refractivity contribution in [3.63, 3.8) is 0 Å². The quantitative estimate of drug-likeness (QED) is 0.152. The highest BCUT2D eigenvalue weighted by atomic mass is 35.5. The van der Waals surface area contributed by atoms with Gasteiger partial charge in [0.1, 0.15) is 5.69 Å². The molecule has 2 aromatic heterocycles. The number of allylic oxidation sites excluding steroid dienone is 2. The van der Waals surface area contributed by atoms with Crippen molar-refractivity contribution in [2.45, 2.75) is 31.1 Å². The molecule has 262 valence electrons. The zero-order chi connectivity index (χ0) is 36.1. The van der Waals surface area contributed by atoms with Crippen LogP contribution in [0, 0.1) is 0 Å². The molecule has 3 N–H and O–H groups in total. The fourth-order valence-corrected chi connectivity index (χ4v) is 7.65. The Labute approximate surface area is 306 Å². The van der Waals surface area contributed by atoms with Crippen LogP contribution in [0.1, 0.15) is 51.6 Å². The Bertz CT molecular complexity index is 2320. The maximum Gasteiger partial charge on any atom is 0.471 e. The number of pyridine rings is 1. The van der Waals surface area contributed by atoms with Crippen molar-refractivity contribution in [2.75, 3.05) is 23.3 Å². The van der Waals surface area contributed by atoms with Gasteiger partial charge >= 0.3 is 12.1 Å². The molecule has 3 aliphatic heterocycles. The summed E-state index contributed by atoms with van der Waals surface area (Å²) in [6.07, 6.45) is 1.01. The Morgan fingerprint density at radius 3 is 2.42 bits per heavy atom. The molecule has 1 saturated heterocycles. The fourth-order valence-electron chi connectivity index (χ4n) is 7.30. The molecular weight excluding hydrogens is 712 g/mol. The van der Waals surface area contributed by atoms with E-state index in [4.69, 9.17) is 23.2 Å². The van der Waals surface area contributed by atoms with Gasteiger partial charge in [0.15, 0.2) is 5.82 Å². The lowest BCUT2D eigenvalue weighted by molar-refractivity contribution is -0.174. The number of H-pyrrole nitrogens is 1. The van der Waals surface area contributed by atoms with E-state index >= 15 is 0 Å². The zero-order valence-electron chi connectivity index (χ0n) is 27.3. The van der Waals surface area contributed by atoms with E-state index in [2.05, 4.69) is 31.2 Å². The van der Waals surface area contributed by atoms with Crippen LogP contribution in [0.3, 0.4) is 0 Å². The molecule has 1 unspecified atom stereocenters. The number of hydrogen-bond donors (Lipinski definition) is 3. The number of nitrogens with zero attached hydrogens (tertiary/aromatic N) is 3. The number of alkyl halides is 3.